The Bertz CT molecular complexity index is 962. The zero-order valence-electron chi connectivity index (χ0n) is 41.9. The molecule has 0 spiro atoms. The lowest BCUT2D eigenvalue weighted by molar-refractivity contribution is -0.167. The van der Waals surface area contributed by atoms with Gasteiger partial charge in [0.2, 0.25) is 0 Å². The van der Waals surface area contributed by atoms with Crippen molar-refractivity contribution in [2.24, 2.45) is 0 Å². The van der Waals surface area contributed by atoms with Gasteiger partial charge in [-0.1, -0.05) is 264 Å². The van der Waals surface area contributed by atoms with E-state index in [9.17, 15) is 14.4 Å². The first-order chi connectivity index (χ1) is 30.5. The quantitative estimate of drug-likeness (QED) is 0.0262. The van der Waals surface area contributed by atoms with E-state index >= 15 is 0 Å². The molecular weight excluding hydrogens is 769 g/mol. The standard InChI is InChI=1S/C56H106O6/c1-4-7-10-13-16-19-22-24-25-26-27-28-29-30-31-32-35-38-41-44-47-50-56(59)62-53(51-60-54(57)48-45-42-39-36-33-21-18-15-12-9-6-3)52-61-55(58)49-46-43-40-37-34-23-20-17-14-11-8-5-2/h15,18,53H,4-14,16-17,19-52H2,1-3H3/b18-15-/t53-/m1/s1. The van der Waals surface area contributed by atoms with Crippen molar-refractivity contribution in [3.05, 3.63) is 12.2 Å². The van der Waals surface area contributed by atoms with E-state index < -0.39 is 6.10 Å². The lowest BCUT2D eigenvalue weighted by Gasteiger charge is -2.18. The molecule has 0 amide bonds. The van der Waals surface area contributed by atoms with Gasteiger partial charge in [-0.2, -0.15) is 0 Å². The zero-order valence-corrected chi connectivity index (χ0v) is 41.9. The van der Waals surface area contributed by atoms with Crippen LogP contribution >= 0.6 is 0 Å². The Labute approximate surface area is 386 Å². The van der Waals surface area contributed by atoms with Gasteiger partial charge in [-0.05, 0) is 38.5 Å². The van der Waals surface area contributed by atoms with Crippen molar-refractivity contribution in [3.63, 3.8) is 0 Å². The molecule has 62 heavy (non-hydrogen) atoms. The molecule has 6 nitrogen and oxygen atoms in total. The van der Waals surface area contributed by atoms with Gasteiger partial charge in [0.1, 0.15) is 13.2 Å². The van der Waals surface area contributed by atoms with Gasteiger partial charge >= 0.3 is 17.9 Å². The van der Waals surface area contributed by atoms with Crippen LogP contribution in [0.1, 0.15) is 310 Å². The predicted octanol–water partition coefficient (Wildman–Crippen LogP) is 18.2. The average Bonchev–Trinajstić information content (AvgIpc) is 3.27. The molecule has 0 saturated heterocycles. The van der Waals surface area contributed by atoms with Gasteiger partial charge in [-0.15, -0.1) is 0 Å². The first-order valence-corrected chi connectivity index (χ1v) is 27.7. The van der Waals surface area contributed by atoms with Gasteiger partial charge in [-0.3, -0.25) is 14.4 Å². The van der Waals surface area contributed by atoms with Crippen LogP contribution in [0.15, 0.2) is 12.2 Å². The Morgan fingerprint density at radius 2 is 0.548 bits per heavy atom. The summed E-state index contributed by atoms with van der Waals surface area (Å²) in [4.78, 5) is 38.0. The van der Waals surface area contributed by atoms with Crippen molar-refractivity contribution in [1.82, 2.24) is 0 Å². The topological polar surface area (TPSA) is 78.9 Å². The highest BCUT2D eigenvalue weighted by molar-refractivity contribution is 5.71. The maximum Gasteiger partial charge on any atom is 0.306 e. The van der Waals surface area contributed by atoms with Crippen LogP contribution in [0.2, 0.25) is 0 Å². The average molecular weight is 875 g/mol. The molecular formula is C56H106O6. The van der Waals surface area contributed by atoms with Crippen LogP contribution in [0.25, 0.3) is 0 Å². The number of unbranched alkanes of at least 4 members (excludes halogenated alkanes) is 38. The molecule has 0 fully saturated rings. The number of allylic oxidation sites excluding steroid dienone is 2. The van der Waals surface area contributed by atoms with Crippen molar-refractivity contribution in [3.8, 4) is 0 Å². The Morgan fingerprint density at radius 1 is 0.306 bits per heavy atom. The second kappa shape index (κ2) is 51.8. The molecule has 0 radical (unpaired) electrons. The summed E-state index contributed by atoms with van der Waals surface area (Å²) >= 11 is 0. The fourth-order valence-corrected chi connectivity index (χ4v) is 8.31. The third-order valence-corrected chi connectivity index (χ3v) is 12.5. The minimum Gasteiger partial charge on any atom is -0.462 e. The van der Waals surface area contributed by atoms with E-state index in [1.54, 1.807) is 0 Å². The smallest absolute Gasteiger partial charge is 0.306 e. The predicted molar refractivity (Wildman–Crippen MR) is 266 cm³/mol. The second-order valence-corrected chi connectivity index (χ2v) is 18.9. The Hall–Kier alpha value is -1.85. The maximum atomic E-state index is 12.8. The van der Waals surface area contributed by atoms with E-state index in [-0.39, 0.29) is 31.1 Å². The molecule has 0 rings (SSSR count). The molecule has 0 aliphatic heterocycles. The highest BCUT2D eigenvalue weighted by Gasteiger charge is 2.19. The number of carbonyl (C=O) groups excluding carboxylic acids is 3. The van der Waals surface area contributed by atoms with E-state index in [0.29, 0.717) is 19.3 Å². The lowest BCUT2D eigenvalue weighted by Crippen LogP contribution is -2.30. The fourth-order valence-electron chi connectivity index (χ4n) is 8.31. The highest BCUT2D eigenvalue weighted by Crippen LogP contribution is 2.17. The van der Waals surface area contributed by atoms with Crippen molar-refractivity contribution in [2.75, 3.05) is 13.2 Å². The van der Waals surface area contributed by atoms with E-state index in [1.165, 1.54) is 205 Å². The molecule has 366 valence electrons. The van der Waals surface area contributed by atoms with Crippen molar-refractivity contribution >= 4 is 17.9 Å². The van der Waals surface area contributed by atoms with Crippen LogP contribution in [0.4, 0.5) is 0 Å². The van der Waals surface area contributed by atoms with Gasteiger partial charge in [0.25, 0.3) is 0 Å². The number of carbonyl (C=O) groups is 3. The van der Waals surface area contributed by atoms with Crippen LogP contribution < -0.4 is 0 Å². The van der Waals surface area contributed by atoms with E-state index in [0.717, 1.165) is 64.2 Å². The molecule has 0 aromatic heterocycles. The van der Waals surface area contributed by atoms with Crippen LogP contribution in [0.3, 0.4) is 0 Å². The summed E-state index contributed by atoms with van der Waals surface area (Å²) in [5, 5.41) is 0. The molecule has 0 aliphatic carbocycles. The Kier molecular flexibility index (Phi) is 50.2. The van der Waals surface area contributed by atoms with Gasteiger partial charge < -0.3 is 14.2 Å². The van der Waals surface area contributed by atoms with Crippen LogP contribution in [0.5, 0.6) is 0 Å². The molecule has 0 unspecified atom stereocenters. The van der Waals surface area contributed by atoms with Gasteiger partial charge in [0.05, 0.1) is 0 Å². The highest BCUT2D eigenvalue weighted by atomic mass is 16.6. The number of hydrogen-bond acceptors (Lipinski definition) is 6. The molecule has 0 saturated carbocycles. The summed E-state index contributed by atoms with van der Waals surface area (Å²) in [6, 6.07) is 0. The largest absolute Gasteiger partial charge is 0.462 e. The minimum atomic E-state index is -0.766. The third-order valence-electron chi connectivity index (χ3n) is 12.5. The van der Waals surface area contributed by atoms with Gasteiger partial charge in [-0.25, -0.2) is 0 Å². The molecule has 0 aromatic rings. The summed E-state index contributed by atoms with van der Waals surface area (Å²) in [5.74, 6) is -0.858. The van der Waals surface area contributed by atoms with Crippen molar-refractivity contribution in [1.29, 1.82) is 0 Å². The van der Waals surface area contributed by atoms with Crippen molar-refractivity contribution < 1.29 is 28.6 Å². The van der Waals surface area contributed by atoms with Crippen LogP contribution in [0, 0.1) is 0 Å². The maximum absolute atomic E-state index is 12.8. The van der Waals surface area contributed by atoms with Crippen LogP contribution in [-0.2, 0) is 28.6 Å². The number of rotatable bonds is 51. The first kappa shape index (κ1) is 60.2. The molecule has 0 aliphatic rings. The summed E-state index contributed by atoms with van der Waals surface area (Å²) in [6.07, 6.45) is 57.8. The number of ether oxygens (including phenoxy) is 3. The number of esters is 3. The summed E-state index contributed by atoms with van der Waals surface area (Å²) in [6.45, 7) is 6.64. The van der Waals surface area contributed by atoms with E-state index in [4.69, 9.17) is 14.2 Å². The molecule has 0 N–H and O–H groups in total. The fraction of sp³-hybridized carbons (Fsp3) is 0.911. The first-order valence-electron chi connectivity index (χ1n) is 27.7. The Morgan fingerprint density at radius 3 is 0.855 bits per heavy atom. The van der Waals surface area contributed by atoms with Gasteiger partial charge in [0, 0.05) is 19.3 Å². The molecule has 6 heteroatoms. The second-order valence-electron chi connectivity index (χ2n) is 18.9. The molecule has 0 heterocycles. The van der Waals surface area contributed by atoms with E-state index in [2.05, 4.69) is 32.9 Å². The summed E-state index contributed by atoms with van der Waals surface area (Å²) < 4.78 is 16.8. The molecule has 0 aromatic carbocycles. The molecule has 0 bridgehead atoms. The zero-order chi connectivity index (χ0) is 45.1. The third kappa shape index (κ3) is 49.2. The summed E-state index contributed by atoms with van der Waals surface area (Å²) in [5.41, 5.74) is 0. The monoisotopic (exact) mass is 875 g/mol. The van der Waals surface area contributed by atoms with Gasteiger partial charge in [0.15, 0.2) is 6.10 Å². The SMILES string of the molecule is CCCC/C=C\CCCCCCCC(=O)OC[C@H](COC(=O)CCCCCCCCCCCCCC)OC(=O)CCCCCCCCCCCCCCCCCCCCCCC. The Balaban J connectivity index is 4.23. The van der Waals surface area contributed by atoms with E-state index in [1.807, 2.05) is 0 Å². The van der Waals surface area contributed by atoms with Crippen molar-refractivity contribution in [2.45, 2.75) is 316 Å². The normalized spacial score (nSPS) is 12.0. The summed E-state index contributed by atoms with van der Waals surface area (Å²) in [7, 11) is 0. The van der Waals surface area contributed by atoms with Crippen LogP contribution in [-0.4, -0.2) is 37.2 Å². The molecule has 1 atom stereocenters. The minimum absolute atomic E-state index is 0.0672. The lowest BCUT2D eigenvalue weighted by atomic mass is 10.0. The number of hydrogen-bond donors (Lipinski definition) is 0.